The van der Waals surface area contributed by atoms with Crippen LogP contribution in [0.25, 0.3) is 0 Å². The number of nitrogens with one attached hydrogen (secondary N) is 1. The van der Waals surface area contributed by atoms with Gasteiger partial charge in [0.05, 0.1) is 12.2 Å². The molecule has 10 heavy (non-hydrogen) atoms. The lowest BCUT2D eigenvalue weighted by molar-refractivity contribution is -0.0252. The van der Waals surface area contributed by atoms with Crippen LogP contribution in [-0.4, -0.2) is 24.8 Å². The molecule has 2 rings (SSSR count). The quantitative estimate of drug-likeness (QED) is 0.586. The Labute approximate surface area is 61.9 Å². The van der Waals surface area contributed by atoms with Crippen molar-refractivity contribution in [1.29, 1.82) is 0 Å². The molecule has 58 valence electrons. The number of morpholine rings is 1. The fourth-order valence-corrected chi connectivity index (χ4v) is 1.91. The standard InChI is InChI=1S/C8H15NO/c1-2-7-8(3-4-8)10-6-5-9-7/h7,9H,2-6H2,1H3. The summed E-state index contributed by atoms with van der Waals surface area (Å²) in [5, 5.41) is 3.50. The number of rotatable bonds is 1. The molecule has 1 heterocycles. The molecule has 1 aliphatic carbocycles. The first-order chi connectivity index (χ1) is 4.87. The second-order valence-corrected chi connectivity index (χ2v) is 3.33. The van der Waals surface area contributed by atoms with Crippen LogP contribution >= 0.6 is 0 Å². The maximum Gasteiger partial charge on any atom is 0.0837 e. The van der Waals surface area contributed by atoms with Crippen LogP contribution < -0.4 is 5.32 Å². The molecule has 0 bridgehead atoms. The van der Waals surface area contributed by atoms with Crippen molar-refractivity contribution < 1.29 is 4.74 Å². The molecule has 1 N–H and O–H groups in total. The summed E-state index contributed by atoms with van der Waals surface area (Å²) in [5.74, 6) is 0. The Kier molecular flexibility index (Phi) is 1.46. The normalized spacial score (nSPS) is 36.3. The van der Waals surface area contributed by atoms with E-state index in [1.807, 2.05) is 0 Å². The first kappa shape index (κ1) is 6.62. The van der Waals surface area contributed by atoms with Crippen molar-refractivity contribution in [3.8, 4) is 0 Å². The van der Waals surface area contributed by atoms with Crippen LogP contribution in [0.1, 0.15) is 26.2 Å². The van der Waals surface area contributed by atoms with Crippen molar-refractivity contribution in [2.24, 2.45) is 0 Å². The minimum Gasteiger partial charge on any atom is -0.372 e. The Balaban J connectivity index is 2.01. The van der Waals surface area contributed by atoms with E-state index in [4.69, 9.17) is 4.74 Å². The third-order valence-corrected chi connectivity index (χ3v) is 2.67. The van der Waals surface area contributed by atoms with E-state index < -0.39 is 0 Å². The van der Waals surface area contributed by atoms with Gasteiger partial charge in [-0.15, -0.1) is 0 Å². The van der Waals surface area contributed by atoms with Crippen LogP contribution in [0.3, 0.4) is 0 Å². The molecule has 1 unspecified atom stereocenters. The van der Waals surface area contributed by atoms with E-state index in [2.05, 4.69) is 12.2 Å². The monoisotopic (exact) mass is 141 g/mol. The maximum absolute atomic E-state index is 5.72. The van der Waals surface area contributed by atoms with Gasteiger partial charge in [0, 0.05) is 12.6 Å². The maximum atomic E-state index is 5.72. The average Bonchev–Trinajstić information content (AvgIpc) is 2.71. The first-order valence-corrected chi connectivity index (χ1v) is 4.25. The van der Waals surface area contributed by atoms with Gasteiger partial charge in [-0.25, -0.2) is 0 Å². The SMILES string of the molecule is CCC1NCCOC12CC2. The molecule has 1 saturated heterocycles. The summed E-state index contributed by atoms with van der Waals surface area (Å²) >= 11 is 0. The predicted molar refractivity (Wildman–Crippen MR) is 40.0 cm³/mol. The zero-order chi connectivity index (χ0) is 7.03. The van der Waals surface area contributed by atoms with E-state index in [1.165, 1.54) is 19.3 Å². The van der Waals surface area contributed by atoms with Crippen LogP contribution in [-0.2, 0) is 4.74 Å². The van der Waals surface area contributed by atoms with Gasteiger partial charge in [-0.1, -0.05) is 6.92 Å². The molecule has 1 aliphatic heterocycles. The van der Waals surface area contributed by atoms with E-state index in [0.717, 1.165) is 13.2 Å². The molecule has 1 saturated carbocycles. The van der Waals surface area contributed by atoms with E-state index in [-0.39, 0.29) is 5.60 Å². The van der Waals surface area contributed by atoms with Crippen molar-refractivity contribution in [3.05, 3.63) is 0 Å². The molecular formula is C8H15NO. The molecule has 2 nitrogen and oxygen atoms in total. The predicted octanol–water partition coefficient (Wildman–Crippen LogP) is 0.917. The van der Waals surface area contributed by atoms with Gasteiger partial charge >= 0.3 is 0 Å². The Morgan fingerprint density at radius 1 is 1.60 bits per heavy atom. The van der Waals surface area contributed by atoms with Crippen LogP contribution in [0.15, 0.2) is 0 Å². The highest BCUT2D eigenvalue weighted by atomic mass is 16.5. The molecule has 2 fully saturated rings. The van der Waals surface area contributed by atoms with Crippen molar-refractivity contribution in [3.63, 3.8) is 0 Å². The van der Waals surface area contributed by atoms with Gasteiger partial charge in [0.2, 0.25) is 0 Å². The highest BCUT2D eigenvalue weighted by Crippen LogP contribution is 2.44. The fraction of sp³-hybridized carbons (Fsp3) is 1.00. The van der Waals surface area contributed by atoms with Gasteiger partial charge in [-0.2, -0.15) is 0 Å². The smallest absolute Gasteiger partial charge is 0.0837 e. The summed E-state index contributed by atoms with van der Waals surface area (Å²) < 4.78 is 5.72. The molecule has 0 amide bonds. The van der Waals surface area contributed by atoms with E-state index in [0.29, 0.717) is 6.04 Å². The average molecular weight is 141 g/mol. The van der Waals surface area contributed by atoms with Crippen molar-refractivity contribution in [2.75, 3.05) is 13.2 Å². The number of hydrogen-bond acceptors (Lipinski definition) is 2. The molecular weight excluding hydrogens is 126 g/mol. The van der Waals surface area contributed by atoms with Gasteiger partial charge in [-0.3, -0.25) is 0 Å². The summed E-state index contributed by atoms with van der Waals surface area (Å²) in [6.45, 7) is 4.18. The zero-order valence-electron chi connectivity index (χ0n) is 6.52. The molecule has 0 radical (unpaired) electrons. The van der Waals surface area contributed by atoms with Crippen LogP contribution in [0.5, 0.6) is 0 Å². The molecule has 0 aromatic carbocycles. The van der Waals surface area contributed by atoms with Crippen LogP contribution in [0.4, 0.5) is 0 Å². The largest absolute Gasteiger partial charge is 0.372 e. The second-order valence-electron chi connectivity index (χ2n) is 3.33. The lowest BCUT2D eigenvalue weighted by Crippen LogP contribution is -2.49. The molecule has 0 aromatic heterocycles. The Morgan fingerprint density at radius 3 is 2.90 bits per heavy atom. The lowest BCUT2D eigenvalue weighted by atomic mass is 10.1. The molecule has 2 heteroatoms. The van der Waals surface area contributed by atoms with Crippen LogP contribution in [0.2, 0.25) is 0 Å². The molecule has 2 aliphatic rings. The summed E-state index contributed by atoms with van der Waals surface area (Å²) in [6, 6.07) is 0.640. The van der Waals surface area contributed by atoms with E-state index in [9.17, 15) is 0 Å². The molecule has 0 aromatic rings. The minimum atomic E-state index is 0.285. The van der Waals surface area contributed by atoms with E-state index in [1.54, 1.807) is 0 Å². The van der Waals surface area contributed by atoms with Crippen molar-refractivity contribution in [2.45, 2.75) is 37.8 Å². The van der Waals surface area contributed by atoms with Crippen molar-refractivity contribution in [1.82, 2.24) is 5.32 Å². The topological polar surface area (TPSA) is 21.3 Å². The highest BCUT2D eigenvalue weighted by Gasteiger charge is 2.51. The summed E-state index contributed by atoms with van der Waals surface area (Å²) in [4.78, 5) is 0. The molecule has 1 atom stereocenters. The Morgan fingerprint density at radius 2 is 2.40 bits per heavy atom. The van der Waals surface area contributed by atoms with Gasteiger partial charge < -0.3 is 10.1 Å². The fourth-order valence-electron chi connectivity index (χ4n) is 1.91. The molecule has 1 spiro atoms. The summed E-state index contributed by atoms with van der Waals surface area (Å²) in [6.07, 6.45) is 3.76. The first-order valence-electron chi connectivity index (χ1n) is 4.25. The Hall–Kier alpha value is -0.0800. The summed E-state index contributed by atoms with van der Waals surface area (Å²) in [5.41, 5.74) is 0.285. The van der Waals surface area contributed by atoms with Crippen molar-refractivity contribution >= 4 is 0 Å². The third-order valence-electron chi connectivity index (χ3n) is 2.67. The zero-order valence-corrected chi connectivity index (χ0v) is 6.52. The second kappa shape index (κ2) is 2.21. The summed E-state index contributed by atoms with van der Waals surface area (Å²) in [7, 11) is 0. The van der Waals surface area contributed by atoms with Crippen LogP contribution in [0, 0.1) is 0 Å². The third kappa shape index (κ3) is 0.867. The van der Waals surface area contributed by atoms with Gasteiger partial charge in [0.1, 0.15) is 0 Å². The number of hydrogen-bond donors (Lipinski definition) is 1. The highest BCUT2D eigenvalue weighted by molar-refractivity contribution is 5.06. The lowest BCUT2D eigenvalue weighted by Gasteiger charge is -2.32. The van der Waals surface area contributed by atoms with Gasteiger partial charge in [0.25, 0.3) is 0 Å². The van der Waals surface area contributed by atoms with E-state index >= 15 is 0 Å². The minimum absolute atomic E-state index is 0.285. The Bertz CT molecular complexity index is 131. The van der Waals surface area contributed by atoms with Gasteiger partial charge in [-0.05, 0) is 19.3 Å². The van der Waals surface area contributed by atoms with Gasteiger partial charge in [0.15, 0.2) is 0 Å². The number of ether oxygens (including phenoxy) is 1.